The second-order valence-electron chi connectivity index (χ2n) is 3.98. The molecular weight excluding hydrogens is 244 g/mol. The lowest BCUT2D eigenvalue weighted by Crippen LogP contribution is -2.22. The molecule has 0 aliphatic carbocycles. The SMILES string of the molecule is O=C(NCc1cccc([N+](=O)[O-])c1)c1ccccc1. The molecule has 0 aliphatic heterocycles. The molecule has 0 aromatic heterocycles. The molecule has 0 heterocycles. The minimum Gasteiger partial charge on any atom is -0.348 e. The van der Waals surface area contributed by atoms with Crippen LogP contribution in [0.5, 0.6) is 0 Å². The molecule has 0 fully saturated rings. The lowest BCUT2D eigenvalue weighted by Gasteiger charge is -2.05. The number of nitro groups is 1. The van der Waals surface area contributed by atoms with Crippen molar-refractivity contribution in [1.82, 2.24) is 5.32 Å². The number of carbonyl (C=O) groups excluding carboxylic acids is 1. The Hall–Kier alpha value is -2.69. The van der Waals surface area contributed by atoms with Gasteiger partial charge in [0.2, 0.25) is 0 Å². The average Bonchev–Trinajstić information content (AvgIpc) is 2.46. The fourth-order valence-electron chi connectivity index (χ4n) is 1.65. The molecule has 1 N–H and O–H groups in total. The van der Waals surface area contributed by atoms with Crippen LogP contribution in [0.1, 0.15) is 15.9 Å². The minimum absolute atomic E-state index is 0.0199. The van der Waals surface area contributed by atoms with Gasteiger partial charge in [-0.3, -0.25) is 14.9 Å². The second-order valence-corrected chi connectivity index (χ2v) is 3.98. The summed E-state index contributed by atoms with van der Waals surface area (Å²) in [5.74, 6) is -0.202. The Morgan fingerprint density at radius 3 is 2.53 bits per heavy atom. The van der Waals surface area contributed by atoms with Crippen molar-refractivity contribution in [3.8, 4) is 0 Å². The molecule has 0 saturated carbocycles. The van der Waals surface area contributed by atoms with Gasteiger partial charge in [0.05, 0.1) is 4.92 Å². The highest BCUT2D eigenvalue weighted by Crippen LogP contribution is 2.12. The van der Waals surface area contributed by atoms with E-state index in [1.807, 2.05) is 6.07 Å². The van der Waals surface area contributed by atoms with Crippen molar-refractivity contribution in [1.29, 1.82) is 0 Å². The van der Waals surface area contributed by atoms with Gasteiger partial charge in [-0.2, -0.15) is 0 Å². The van der Waals surface area contributed by atoms with E-state index < -0.39 is 4.92 Å². The summed E-state index contributed by atoms with van der Waals surface area (Å²) < 4.78 is 0. The number of hydrogen-bond acceptors (Lipinski definition) is 3. The van der Waals surface area contributed by atoms with E-state index in [0.717, 1.165) is 0 Å². The monoisotopic (exact) mass is 256 g/mol. The Bertz CT molecular complexity index is 597. The van der Waals surface area contributed by atoms with Gasteiger partial charge < -0.3 is 5.32 Å². The van der Waals surface area contributed by atoms with Crippen molar-refractivity contribution in [3.63, 3.8) is 0 Å². The van der Waals surface area contributed by atoms with Crippen molar-refractivity contribution in [2.45, 2.75) is 6.54 Å². The van der Waals surface area contributed by atoms with Gasteiger partial charge in [0.1, 0.15) is 0 Å². The van der Waals surface area contributed by atoms with Crippen LogP contribution >= 0.6 is 0 Å². The summed E-state index contributed by atoms with van der Waals surface area (Å²) in [5.41, 5.74) is 1.28. The molecule has 0 unspecified atom stereocenters. The minimum atomic E-state index is -0.456. The van der Waals surface area contributed by atoms with Crippen LogP contribution in [0.2, 0.25) is 0 Å². The van der Waals surface area contributed by atoms with E-state index in [0.29, 0.717) is 11.1 Å². The molecule has 0 radical (unpaired) electrons. The van der Waals surface area contributed by atoms with E-state index in [4.69, 9.17) is 0 Å². The maximum atomic E-state index is 11.8. The van der Waals surface area contributed by atoms with Gasteiger partial charge >= 0.3 is 0 Å². The highest BCUT2D eigenvalue weighted by Gasteiger charge is 2.07. The Labute approximate surface area is 110 Å². The van der Waals surface area contributed by atoms with Gasteiger partial charge in [0.15, 0.2) is 0 Å². The number of nitrogens with zero attached hydrogens (tertiary/aromatic N) is 1. The summed E-state index contributed by atoms with van der Waals surface area (Å²) in [6.07, 6.45) is 0. The normalized spacial score (nSPS) is 9.89. The van der Waals surface area contributed by atoms with Gasteiger partial charge in [-0.15, -0.1) is 0 Å². The molecule has 5 nitrogen and oxygen atoms in total. The van der Waals surface area contributed by atoms with Gasteiger partial charge in [0.25, 0.3) is 11.6 Å². The predicted molar refractivity (Wildman–Crippen MR) is 70.7 cm³/mol. The highest BCUT2D eigenvalue weighted by atomic mass is 16.6. The molecule has 0 bridgehead atoms. The van der Waals surface area contributed by atoms with Crippen molar-refractivity contribution in [2.75, 3.05) is 0 Å². The molecule has 0 aliphatic rings. The van der Waals surface area contributed by atoms with Crippen LogP contribution in [0.4, 0.5) is 5.69 Å². The van der Waals surface area contributed by atoms with Gasteiger partial charge in [-0.05, 0) is 17.7 Å². The van der Waals surface area contributed by atoms with Crippen molar-refractivity contribution in [2.24, 2.45) is 0 Å². The number of non-ortho nitro benzene ring substituents is 1. The van der Waals surface area contributed by atoms with E-state index in [2.05, 4.69) is 5.32 Å². The standard InChI is InChI=1S/C14H12N2O3/c17-14(12-6-2-1-3-7-12)15-10-11-5-4-8-13(9-11)16(18)19/h1-9H,10H2,(H,15,17). The molecule has 96 valence electrons. The molecular formula is C14H12N2O3. The van der Waals surface area contributed by atoms with Gasteiger partial charge in [-0.25, -0.2) is 0 Å². The quantitative estimate of drug-likeness (QED) is 0.674. The van der Waals surface area contributed by atoms with Crippen LogP contribution in [0.25, 0.3) is 0 Å². The van der Waals surface area contributed by atoms with Crippen LogP contribution in [-0.2, 0) is 6.54 Å². The number of hydrogen-bond donors (Lipinski definition) is 1. The zero-order valence-corrected chi connectivity index (χ0v) is 10.1. The second kappa shape index (κ2) is 5.77. The van der Waals surface area contributed by atoms with Crippen LogP contribution < -0.4 is 5.32 Å². The summed E-state index contributed by atoms with van der Waals surface area (Å²) in [5, 5.41) is 13.4. The summed E-state index contributed by atoms with van der Waals surface area (Å²) in [6.45, 7) is 0.259. The first-order valence-corrected chi connectivity index (χ1v) is 5.73. The van der Waals surface area contributed by atoms with Crippen LogP contribution in [-0.4, -0.2) is 10.8 Å². The summed E-state index contributed by atoms with van der Waals surface area (Å²) >= 11 is 0. The highest BCUT2D eigenvalue weighted by molar-refractivity contribution is 5.94. The van der Waals surface area contributed by atoms with Gasteiger partial charge in [-0.1, -0.05) is 30.3 Å². The number of nitro benzene ring substituents is 1. The summed E-state index contributed by atoms with van der Waals surface area (Å²) in [4.78, 5) is 22.0. The number of benzene rings is 2. The first-order valence-electron chi connectivity index (χ1n) is 5.73. The maximum absolute atomic E-state index is 11.8. The zero-order valence-electron chi connectivity index (χ0n) is 10.1. The van der Waals surface area contributed by atoms with Crippen LogP contribution in [0.3, 0.4) is 0 Å². The van der Waals surface area contributed by atoms with E-state index in [1.54, 1.807) is 36.4 Å². The molecule has 2 rings (SSSR count). The maximum Gasteiger partial charge on any atom is 0.269 e. The summed E-state index contributed by atoms with van der Waals surface area (Å²) in [6, 6.07) is 15.0. The third-order valence-electron chi connectivity index (χ3n) is 2.61. The smallest absolute Gasteiger partial charge is 0.269 e. The molecule has 0 atom stereocenters. The third-order valence-corrected chi connectivity index (χ3v) is 2.61. The Kier molecular flexibility index (Phi) is 3.87. The van der Waals surface area contributed by atoms with Gasteiger partial charge in [0, 0.05) is 24.2 Å². The molecule has 2 aromatic carbocycles. The Balaban J connectivity index is 2.01. The number of carbonyl (C=O) groups is 1. The fraction of sp³-hybridized carbons (Fsp3) is 0.0714. The molecule has 0 saturated heterocycles. The van der Waals surface area contributed by atoms with E-state index in [9.17, 15) is 14.9 Å². The summed E-state index contributed by atoms with van der Waals surface area (Å²) in [7, 11) is 0. The van der Waals surface area contributed by atoms with Crippen molar-refractivity contribution >= 4 is 11.6 Å². The first-order chi connectivity index (χ1) is 9.16. The average molecular weight is 256 g/mol. The van der Waals surface area contributed by atoms with E-state index >= 15 is 0 Å². The van der Waals surface area contributed by atoms with Crippen LogP contribution in [0.15, 0.2) is 54.6 Å². The van der Waals surface area contributed by atoms with Crippen molar-refractivity contribution in [3.05, 3.63) is 75.8 Å². The first kappa shape index (κ1) is 12.8. The molecule has 19 heavy (non-hydrogen) atoms. The van der Waals surface area contributed by atoms with Crippen LogP contribution in [0, 0.1) is 10.1 Å². The van der Waals surface area contributed by atoms with E-state index in [1.165, 1.54) is 12.1 Å². The number of amides is 1. The topological polar surface area (TPSA) is 72.2 Å². The predicted octanol–water partition coefficient (Wildman–Crippen LogP) is 2.52. The zero-order chi connectivity index (χ0) is 13.7. The number of rotatable bonds is 4. The van der Waals surface area contributed by atoms with Crippen molar-refractivity contribution < 1.29 is 9.72 Å². The Morgan fingerprint density at radius 1 is 1.11 bits per heavy atom. The third kappa shape index (κ3) is 3.38. The number of nitrogens with one attached hydrogen (secondary N) is 1. The molecule has 0 spiro atoms. The molecule has 5 heteroatoms. The molecule has 2 aromatic rings. The van der Waals surface area contributed by atoms with E-state index in [-0.39, 0.29) is 18.1 Å². The largest absolute Gasteiger partial charge is 0.348 e. The lowest BCUT2D eigenvalue weighted by molar-refractivity contribution is -0.384. The fourth-order valence-corrected chi connectivity index (χ4v) is 1.65. The molecule has 1 amide bonds. The Morgan fingerprint density at radius 2 is 1.84 bits per heavy atom. The lowest BCUT2D eigenvalue weighted by atomic mass is 10.2.